The Kier molecular flexibility index (Phi) is 2.49. The van der Waals surface area contributed by atoms with E-state index in [1.807, 2.05) is 31.2 Å². The van der Waals surface area contributed by atoms with E-state index in [2.05, 4.69) is 19.9 Å². The van der Waals surface area contributed by atoms with Crippen molar-refractivity contribution in [1.29, 1.82) is 0 Å². The van der Waals surface area contributed by atoms with Gasteiger partial charge in [0.2, 0.25) is 5.95 Å². The standard InChI is InChI=1S/C13H11N5O/c1-7-2-4-8(5-3-7)9-6-15-10-11(16-9)17-13(14)18-12(10)19/h2-6H,1H3,(H3,14,16,17,18,19). The molecule has 0 amide bonds. The number of fused-ring (bicyclic) bond motifs is 1. The maximum absolute atomic E-state index is 11.6. The third-order valence-corrected chi connectivity index (χ3v) is 2.78. The van der Waals surface area contributed by atoms with Gasteiger partial charge in [-0.05, 0) is 6.92 Å². The molecule has 0 aliphatic heterocycles. The summed E-state index contributed by atoms with van der Waals surface area (Å²) in [6.45, 7) is 2.01. The highest BCUT2D eigenvalue weighted by Crippen LogP contribution is 2.17. The monoisotopic (exact) mass is 253 g/mol. The van der Waals surface area contributed by atoms with Gasteiger partial charge in [-0.25, -0.2) is 9.97 Å². The lowest BCUT2D eigenvalue weighted by atomic mass is 10.1. The number of nitrogens with two attached hydrogens (primary N) is 1. The summed E-state index contributed by atoms with van der Waals surface area (Å²) in [7, 11) is 0. The molecule has 3 N–H and O–H groups in total. The number of hydrogen-bond donors (Lipinski definition) is 2. The molecule has 6 nitrogen and oxygen atoms in total. The number of nitrogen functional groups attached to an aromatic ring is 1. The number of rotatable bonds is 1. The summed E-state index contributed by atoms with van der Waals surface area (Å²) in [6.07, 6.45) is 1.56. The topological polar surface area (TPSA) is 97.5 Å². The van der Waals surface area contributed by atoms with Crippen molar-refractivity contribution in [3.63, 3.8) is 0 Å². The van der Waals surface area contributed by atoms with Crippen molar-refractivity contribution < 1.29 is 0 Å². The lowest BCUT2D eigenvalue weighted by molar-refractivity contribution is 1.13. The molecule has 2 heterocycles. The van der Waals surface area contributed by atoms with Gasteiger partial charge in [-0.1, -0.05) is 29.8 Å². The molecular weight excluding hydrogens is 242 g/mol. The summed E-state index contributed by atoms with van der Waals surface area (Å²) < 4.78 is 0. The summed E-state index contributed by atoms with van der Waals surface area (Å²) in [4.78, 5) is 26.4. The summed E-state index contributed by atoms with van der Waals surface area (Å²) in [5, 5.41) is 0. The van der Waals surface area contributed by atoms with Gasteiger partial charge in [0.05, 0.1) is 11.9 Å². The van der Waals surface area contributed by atoms with E-state index in [0.29, 0.717) is 5.69 Å². The molecule has 3 rings (SSSR count). The van der Waals surface area contributed by atoms with Crippen LogP contribution in [0.2, 0.25) is 0 Å². The molecule has 19 heavy (non-hydrogen) atoms. The summed E-state index contributed by atoms with van der Waals surface area (Å²) in [5.41, 5.74) is 8.29. The van der Waals surface area contributed by atoms with Gasteiger partial charge in [0, 0.05) is 5.56 Å². The molecule has 0 saturated carbocycles. The van der Waals surface area contributed by atoms with Crippen molar-refractivity contribution in [3.05, 3.63) is 46.4 Å². The number of nitrogens with zero attached hydrogens (tertiary/aromatic N) is 3. The van der Waals surface area contributed by atoms with Gasteiger partial charge in [0.1, 0.15) is 0 Å². The fraction of sp³-hybridized carbons (Fsp3) is 0.0769. The fourth-order valence-electron chi connectivity index (χ4n) is 1.80. The lowest BCUT2D eigenvalue weighted by Gasteiger charge is -2.02. The smallest absolute Gasteiger partial charge is 0.280 e. The number of aryl methyl sites for hydroxylation is 1. The number of anilines is 1. The maximum Gasteiger partial charge on any atom is 0.280 e. The second-order valence-corrected chi connectivity index (χ2v) is 4.24. The first-order chi connectivity index (χ1) is 9.13. The first-order valence-corrected chi connectivity index (χ1v) is 5.73. The zero-order valence-electron chi connectivity index (χ0n) is 10.2. The highest BCUT2D eigenvalue weighted by atomic mass is 16.1. The Balaban J connectivity index is 2.21. The Labute approximate surface area is 108 Å². The van der Waals surface area contributed by atoms with Crippen LogP contribution in [0.1, 0.15) is 5.56 Å². The minimum absolute atomic E-state index is 0.0351. The van der Waals surface area contributed by atoms with E-state index in [1.165, 1.54) is 0 Å². The molecule has 0 bridgehead atoms. The predicted octanol–water partition coefficient (Wildman–Crippen LogP) is 1.27. The molecular formula is C13H11N5O. The average Bonchev–Trinajstić information content (AvgIpc) is 2.38. The largest absolute Gasteiger partial charge is 0.369 e. The molecule has 0 fully saturated rings. The Bertz CT molecular complexity index is 807. The normalized spacial score (nSPS) is 10.8. The van der Waals surface area contributed by atoms with Crippen LogP contribution in [0, 0.1) is 6.92 Å². The van der Waals surface area contributed by atoms with E-state index in [9.17, 15) is 4.79 Å². The quantitative estimate of drug-likeness (QED) is 0.680. The van der Waals surface area contributed by atoms with Crippen LogP contribution >= 0.6 is 0 Å². The molecule has 0 atom stereocenters. The number of benzene rings is 1. The van der Waals surface area contributed by atoms with Gasteiger partial charge >= 0.3 is 0 Å². The van der Waals surface area contributed by atoms with Crippen LogP contribution in [0.3, 0.4) is 0 Å². The first-order valence-electron chi connectivity index (χ1n) is 5.73. The van der Waals surface area contributed by atoms with E-state index in [-0.39, 0.29) is 22.7 Å². The summed E-state index contributed by atoms with van der Waals surface area (Å²) in [6, 6.07) is 7.87. The van der Waals surface area contributed by atoms with E-state index in [0.717, 1.165) is 11.1 Å². The number of aromatic amines is 1. The Morgan fingerprint density at radius 2 is 1.89 bits per heavy atom. The summed E-state index contributed by atoms with van der Waals surface area (Å²) in [5.74, 6) is 0.0351. The van der Waals surface area contributed by atoms with Crippen LogP contribution in [0.25, 0.3) is 22.4 Å². The minimum Gasteiger partial charge on any atom is -0.369 e. The van der Waals surface area contributed by atoms with Crippen LogP contribution < -0.4 is 11.3 Å². The van der Waals surface area contributed by atoms with Crippen LogP contribution in [-0.4, -0.2) is 19.9 Å². The zero-order chi connectivity index (χ0) is 13.4. The maximum atomic E-state index is 11.6. The van der Waals surface area contributed by atoms with Gasteiger partial charge in [-0.15, -0.1) is 0 Å². The van der Waals surface area contributed by atoms with Crippen LogP contribution in [0.4, 0.5) is 5.95 Å². The highest BCUT2D eigenvalue weighted by Gasteiger charge is 2.07. The van der Waals surface area contributed by atoms with Crippen molar-refractivity contribution in [1.82, 2.24) is 19.9 Å². The number of H-pyrrole nitrogens is 1. The van der Waals surface area contributed by atoms with Crippen molar-refractivity contribution in [2.45, 2.75) is 6.92 Å². The van der Waals surface area contributed by atoms with Crippen molar-refractivity contribution in [2.75, 3.05) is 5.73 Å². The third kappa shape index (κ3) is 2.03. The average molecular weight is 253 g/mol. The van der Waals surface area contributed by atoms with E-state index < -0.39 is 0 Å². The molecule has 0 unspecified atom stereocenters. The number of hydrogen-bond acceptors (Lipinski definition) is 5. The molecule has 0 aliphatic carbocycles. The number of aromatic nitrogens is 4. The Morgan fingerprint density at radius 1 is 1.16 bits per heavy atom. The van der Waals surface area contributed by atoms with Crippen molar-refractivity contribution in [3.8, 4) is 11.3 Å². The molecule has 0 saturated heterocycles. The summed E-state index contributed by atoms with van der Waals surface area (Å²) >= 11 is 0. The van der Waals surface area contributed by atoms with Gasteiger partial charge < -0.3 is 5.73 Å². The lowest BCUT2D eigenvalue weighted by Crippen LogP contribution is -2.13. The van der Waals surface area contributed by atoms with Gasteiger partial charge in [-0.2, -0.15) is 4.98 Å². The molecule has 3 aromatic rings. The second kappa shape index (κ2) is 4.16. The molecule has 94 valence electrons. The SMILES string of the molecule is Cc1ccc(-c2cnc3c(=O)[nH]c(N)nc3n2)cc1. The van der Waals surface area contributed by atoms with E-state index in [4.69, 9.17) is 5.73 Å². The molecule has 0 radical (unpaired) electrons. The van der Waals surface area contributed by atoms with Crippen LogP contribution in [0.15, 0.2) is 35.3 Å². The molecule has 1 aromatic carbocycles. The van der Waals surface area contributed by atoms with Gasteiger partial charge in [0.15, 0.2) is 11.2 Å². The van der Waals surface area contributed by atoms with Gasteiger partial charge in [0.25, 0.3) is 5.56 Å². The van der Waals surface area contributed by atoms with E-state index >= 15 is 0 Å². The Morgan fingerprint density at radius 3 is 2.63 bits per heavy atom. The zero-order valence-corrected chi connectivity index (χ0v) is 10.2. The third-order valence-electron chi connectivity index (χ3n) is 2.78. The highest BCUT2D eigenvalue weighted by molar-refractivity contribution is 5.73. The predicted molar refractivity (Wildman–Crippen MR) is 72.5 cm³/mol. The van der Waals surface area contributed by atoms with Crippen LogP contribution in [0.5, 0.6) is 0 Å². The molecule has 0 aliphatic rings. The van der Waals surface area contributed by atoms with E-state index in [1.54, 1.807) is 6.20 Å². The minimum atomic E-state index is -0.384. The van der Waals surface area contributed by atoms with Crippen molar-refractivity contribution in [2.24, 2.45) is 0 Å². The van der Waals surface area contributed by atoms with Crippen molar-refractivity contribution >= 4 is 17.1 Å². The second-order valence-electron chi connectivity index (χ2n) is 4.24. The first kappa shape index (κ1) is 11.3. The molecule has 2 aromatic heterocycles. The Hall–Kier alpha value is -2.76. The van der Waals surface area contributed by atoms with Gasteiger partial charge in [-0.3, -0.25) is 9.78 Å². The molecule has 6 heteroatoms. The fourth-order valence-corrected chi connectivity index (χ4v) is 1.80. The number of nitrogens with one attached hydrogen (secondary N) is 1. The van der Waals surface area contributed by atoms with Crippen LogP contribution in [-0.2, 0) is 0 Å². The molecule has 0 spiro atoms.